The molecule has 2 aromatic carbocycles. The van der Waals surface area contributed by atoms with Crippen LogP contribution in [0.5, 0.6) is 5.75 Å². The van der Waals surface area contributed by atoms with Gasteiger partial charge >= 0.3 is 29.6 Å². The first-order chi connectivity index (χ1) is 17.5. The van der Waals surface area contributed by atoms with E-state index in [2.05, 4.69) is 4.98 Å². The molecule has 0 bridgehead atoms. The van der Waals surface area contributed by atoms with Crippen LogP contribution in [0.1, 0.15) is 53.8 Å². The van der Waals surface area contributed by atoms with Crippen molar-refractivity contribution >= 4 is 39.1 Å². The summed E-state index contributed by atoms with van der Waals surface area (Å²) in [7, 11) is -3.88. The first-order valence-electron chi connectivity index (χ1n) is 12.3. The number of sulfonamides is 1. The molecule has 10 heteroatoms. The maximum absolute atomic E-state index is 13.8. The van der Waals surface area contributed by atoms with Gasteiger partial charge in [-0.1, -0.05) is 38.1 Å². The fourth-order valence-corrected chi connectivity index (χ4v) is 7.17. The van der Waals surface area contributed by atoms with Gasteiger partial charge in [-0.2, -0.15) is 8.42 Å². The number of aliphatic carboxylic acids is 1. The Morgan fingerprint density at radius 3 is 2.50 bits per heavy atom. The quantitative estimate of drug-likeness (QED) is 0.274. The molecule has 0 fully saturated rings. The van der Waals surface area contributed by atoms with E-state index in [9.17, 15) is 18.3 Å². The number of aryl methyl sites for hydroxylation is 4. The molecule has 1 aromatic heterocycles. The minimum absolute atomic E-state index is 0. The van der Waals surface area contributed by atoms with Crippen molar-refractivity contribution in [2.75, 3.05) is 10.8 Å². The van der Waals surface area contributed by atoms with Gasteiger partial charge in [-0.3, -0.25) is 4.31 Å². The van der Waals surface area contributed by atoms with E-state index in [4.69, 9.17) is 4.74 Å². The third-order valence-electron chi connectivity index (χ3n) is 6.24. The van der Waals surface area contributed by atoms with Crippen molar-refractivity contribution in [2.24, 2.45) is 5.92 Å². The molecule has 0 unspecified atom stereocenters. The monoisotopic (exact) mass is 562 g/mol. The van der Waals surface area contributed by atoms with Gasteiger partial charge in [0, 0.05) is 17.6 Å². The second kappa shape index (κ2) is 12.8. The van der Waals surface area contributed by atoms with E-state index in [0.717, 1.165) is 58.9 Å². The molecule has 7 nitrogen and oxygen atoms in total. The third-order valence-corrected chi connectivity index (χ3v) is 9.37. The van der Waals surface area contributed by atoms with Gasteiger partial charge in [0.05, 0.1) is 11.7 Å². The van der Waals surface area contributed by atoms with Crippen molar-refractivity contribution in [3.05, 3.63) is 75.3 Å². The van der Waals surface area contributed by atoms with E-state index < -0.39 is 16.0 Å². The first-order valence-corrected chi connectivity index (χ1v) is 14.6. The number of carbonyl (C=O) groups excluding carboxylic acids is 1. The Bertz CT molecular complexity index is 1450. The third kappa shape index (κ3) is 7.07. The summed E-state index contributed by atoms with van der Waals surface area (Å²) < 4.78 is 35.4. The molecule has 0 spiro atoms. The van der Waals surface area contributed by atoms with E-state index >= 15 is 0 Å². The normalized spacial score (nSPS) is 13.0. The summed E-state index contributed by atoms with van der Waals surface area (Å²) in [5, 5.41) is 12.5. The molecule has 3 aromatic rings. The number of thiazole rings is 1. The molecule has 0 saturated heterocycles. The maximum Gasteiger partial charge on any atom is 1.00 e. The number of aromatic nitrogens is 1. The van der Waals surface area contributed by atoms with Crippen LogP contribution in [0.15, 0.2) is 46.1 Å². The number of hydrogen-bond acceptors (Lipinski definition) is 7. The zero-order valence-electron chi connectivity index (χ0n) is 22.5. The van der Waals surface area contributed by atoms with Gasteiger partial charge in [0.2, 0.25) is 4.34 Å². The largest absolute Gasteiger partial charge is 1.00 e. The Labute approximate surface area is 250 Å². The summed E-state index contributed by atoms with van der Waals surface area (Å²) >= 11 is 1.13. The van der Waals surface area contributed by atoms with Crippen LogP contribution >= 0.6 is 11.3 Å². The standard InChI is InChI=1S/C28H32N2O5S2.Na/c1-18(2)15-30(37(33,34)28-29-20(4)17-36-28)25-13-22-6-5-7-23(22)14-26(25)35-16-24-10-8-21(12-19(24)3)9-11-27(31)32;/h8-14,17-18H,5-7,15-16H2,1-4H3,(H,31,32);/q;+1/p-1. The average Bonchev–Trinajstić information content (AvgIpc) is 3.48. The van der Waals surface area contributed by atoms with Crippen molar-refractivity contribution in [1.29, 1.82) is 0 Å². The SMILES string of the molecule is Cc1csc(S(=O)(=O)N(CC(C)C)c2cc3c(cc2OCc2ccc(C=CC(=O)[O-])cc2C)CCC3)n1.[Na+]. The van der Waals surface area contributed by atoms with E-state index in [-0.39, 0.29) is 46.4 Å². The maximum atomic E-state index is 13.8. The molecule has 1 heterocycles. The number of carbonyl (C=O) groups is 1. The summed E-state index contributed by atoms with van der Waals surface area (Å²) in [6.45, 7) is 8.24. The Morgan fingerprint density at radius 1 is 1.18 bits per heavy atom. The molecule has 0 radical (unpaired) electrons. The van der Waals surface area contributed by atoms with Crippen LogP contribution in [-0.4, -0.2) is 25.9 Å². The molecule has 38 heavy (non-hydrogen) atoms. The first kappa shape index (κ1) is 30.4. The van der Waals surface area contributed by atoms with E-state index in [1.165, 1.54) is 15.9 Å². The van der Waals surface area contributed by atoms with Crippen LogP contribution in [-0.2, 0) is 34.3 Å². The summed E-state index contributed by atoms with van der Waals surface area (Å²) in [4.78, 5) is 15.0. The van der Waals surface area contributed by atoms with E-state index in [0.29, 0.717) is 23.7 Å². The number of nitrogens with zero attached hydrogens (tertiary/aromatic N) is 2. The van der Waals surface area contributed by atoms with E-state index in [1.54, 1.807) is 12.3 Å². The van der Waals surface area contributed by atoms with Gasteiger partial charge in [-0.15, -0.1) is 11.3 Å². The smallest absolute Gasteiger partial charge is 0.545 e. The molecule has 0 aliphatic heterocycles. The number of ether oxygens (including phenoxy) is 1. The van der Waals surface area contributed by atoms with Gasteiger partial charge in [0.25, 0.3) is 10.0 Å². The minimum atomic E-state index is -3.88. The van der Waals surface area contributed by atoms with Crippen LogP contribution in [0.3, 0.4) is 0 Å². The molecule has 0 amide bonds. The molecular formula is C28H31N2NaO5S2. The molecule has 1 aliphatic rings. The summed E-state index contributed by atoms with van der Waals surface area (Å²) in [5.41, 5.74) is 6.16. The number of carboxylic acids is 1. The predicted molar refractivity (Wildman–Crippen MR) is 144 cm³/mol. The molecule has 0 atom stereocenters. The summed E-state index contributed by atoms with van der Waals surface area (Å²) in [6, 6.07) is 9.54. The molecule has 4 rings (SSSR count). The number of carboxylic acid groups (broad SMARTS) is 1. The van der Waals surface area contributed by atoms with Crippen LogP contribution in [0.4, 0.5) is 5.69 Å². The molecule has 0 saturated carbocycles. The zero-order chi connectivity index (χ0) is 26.7. The van der Waals surface area contributed by atoms with Crippen LogP contribution < -0.4 is 43.7 Å². The molecule has 1 aliphatic carbocycles. The number of hydrogen-bond donors (Lipinski definition) is 0. The Kier molecular flexibility index (Phi) is 10.2. The Morgan fingerprint density at radius 2 is 1.89 bits per heavy atom. The van der Waals surface area contributed by atoms with Gasteiger partial charge < -0.3 is 14.6 Å². The molecule has 0 N–H and O–H groups in total. The number of anilines is 1. The fourth-order valence-electron chi connectivity index (χ4n) is 4.41. The number of rotatable bonds is 10. The number of fused-ring (bicyclic) bond motifs is 1. The topological polar surface area (TPSA) is 99.6 Å². The molecule has 196 valence electrons. The van der Waals surface area contributed by atoms with Crippen molar-refractivity contribution in [2.45, 2.75) is 57.9 Å². The van der Waals surface area contributed by atoms with Gasteiger partial charge in [0.15, 0.2) is 0 Å². The van der Waals surface area contributed by atoms with Crippen molar-refractivity contribution in [3.63, 3.8) is 0 Å². The summed E-state index contributed by atoms with van der Waals surface area (Å²) in [5.74, 6) is -0.637. The fraction of sp³-hybridized carbons (Fsp3) is 0.357. The second-order valence-electron chi connectivity index (χ2n) is 9.75. The predicted octanol–water partition coefficient (Wildman–Crippen LogP) is 1.45. The number of benzene rings is 2. The van der Waals surface area contributed by atoms with Gasteiger partial charge in [-0.05, 0) is 85.1 Å². The van der Waals surface area contributed by atoms with Crippen LogP contribution in [0.2, 0.25) is 0 Å². The van der Waals surface area contributed by atoms with Crippen LogP contribution in [0, 0.1) is 19.8 Å². The van der Waals surface area contributed by atoms with Crippen molar-refractivity contribution < 1.29 is 52.6 Å². The van der Waals surface area contributed by atoms with Gasteiger partial charge in [0.1, 0.15) is 12.4 Å². The second-order valence-corrected chi connectivity index (χ2v) is 12.6. The van der Waals surface area contributed by atoms with Gasteiger partial charge in [-0.25, -0.2) is 4.98 Å². The van der Waals surface area contributed by atoms with Crippen molar-refractivity contribution in [3.8, 4) is 5.75 Å². The Hall–Kier alpha value is -2.17. The van der Waals surface area contributed by atoms with Crippen LogP contribution in [0.25, 0.3) is 6.08 Å². The Balaban J connectivity index is 0.00000400. The average molecular weight is 563 g/mol. The zero-order valence-corrected chi connectivity index (χ0v) is 26.1. The van der Waals surface area contributed by atoms with E-state index in [1.807, 2.05) is 51.1 Å². The minimum Gasteiger partial charge on any atom is -0.545 e. The molecular weight excluding hydrogens is 531 g/mol. The van der Waals surface area contributed by atoms with Crippen molar-refractivity contribution in [1.82, 2.24) is 4.98 Å². The summed E-state index contributed by atoms with van der Waals surface area (Å²) in [6.07, 6.45) is 5.36.